The van der Waals surface area contributed by atoms with E-state index in [9.17, 15) is 0 Å². The number of anilines is 1. The lowest BCUT2D eigenvalue weighted by atomic mass is 10.2. The average molecular weight is 222 g/mol. The summed E-state index contributed by atoms with van der Waals surface area (Å²) in [4.78, 5) is 12.7. The molecule has 5 nitrogen and oxygen atoms in total. The molecule has 0 saturated heterocycles. The fraction of sp³-hybridized carbons (Fsp3) is 0.727. The minimum absolute atomic E-state index is 0.000556. The predicted molar refractivity (Wildman–Crippen MR) is 60.7 cm³/mol. The molecule has 0 aromatic carbocycles. The highest BCUT2D eigenvalue weighted by molar-refractivity contribution is 5.17. The molecule has 1 aromatic heterocycles. The van der Waals surface area contributed by atoms with Gasteiger partial charge in [-0.2, -0.15) is 9.97 Å². The van der Waals surface area contributed by atoms with Crippen LogP contribution >= 0.6 is 0 Å². The molecule has 0 amide bonds. The number of aryl methyl sites for hydroxylation is 1. The topological polar surface area (TPSA) is 73.9 Å². The molecule has 1 aromatic rings. The predicted octanol–water partition coefficient (Wildman–Crippen LogP) is 1.50. The summed E-state index contributed by atoms with van der Waals surface area (Å²) in [6, 6.07) is 0. The fourth-order valence-corrected chi connectivity index (χ4v) is 1.74. The van der Waals surface area contributed by atoms with E-state index in [1.54, 1.807) is 0 Å². The van der Waals surface area contributed by atoms with Crippen molar-refractivity contribution in [2.75, 3.05) is 12.3 Å². The van der Waals surface area contributed by atoms with Gasteiger partial charge in [0, 0.05) is 13.0 Å². The highest BCUT2D eigenvalue weighted by atomic mass is 16.5. The molecule has 88 valence electrons. The minimum Gasteiger partial charge on any atom is -0.370 e. The van der Waals surface area contributed by atoms with Crippen molar-refractivity contribution in [3.63, 3.8) is 0 Å². The van der Waals surface area contributed by atoms with Crippen LogP contribution in [0.5, 0.6) is 0 Å². The molecule has 1 unspecified atom stereocenters. The van der Waals surface area contributed by atoms with Gasteiger partial charge in [-0.05, 0) is 25.7 Å². The van der Waals surface area contributed by atoms with E-state index in [0.717, 1.165) is 12.2 Å². The third-order valence-electron chi connectivity index (χ3n) is 2.68. The van der Waals surface area contributed by atoms with Crippen LogP contribution in [0.15, 0.2) is 0 Å². The van der Waals surface area contributed by atoms with Gasteiger partial charge in [-0.15, -0.1) is 0 Å². The van der Waals surface area contributed by atoms with E-state index in [1.807, 2.05) is 13.8 Å². The van der Waals surface area contributed by atoms with Crippen LogP contribution in [0.2, 0.25) is 0 Å². The summed E-state index contributed by atoms with van der Waals surface area (Å²) in [5.74, 6) is 2.31. The van der Waals surface area contributed by atoms with E-state index >= 15 is 0 Å². The van der Waals surface area contributed by atoms with Crippen LogP contribution in [-0.4, -0.2) is 21.6 Å². The highest BCUT2D eigenvalue weighted by Crippen LogP contribution is 2.42. The Morgan fingerprint density at radius 2 is 2.06 bits per heavy atom. The molecule has 0 spiro atoms. The van der Waals surface area contributed by atoms with Gasteiger partial charge in [-0.25, -0.2) is 4.98 Å². The zero-order chi connectivity index (χ0) is 11.5. The smallest absolute Gasteiger partial charge is 0.223 e. The summed E-state index contributed by atoms with van der Waals surface area (Å²) in [6.45, 7) is 4.67. The first-order valence-corrected chi connectivity index (χ1v) is 5.86. The summed E-state index contributed by atoms with van der Waals surface area (Å²) in [5, 5.41) is 0. The van der Waals surface area contributed by atoms with E-state index < -0.39 is 0 Å². The van der Waals surface area contributed by atoms with Crippen molar-refractivity contribution in [2.45, 2.75) is 39.2 Å². The maximum absolute atomic E-state index is 5.70. The third kappa shape index (κ3) is 2.47. The fourth-order valence-electron chi connectivity index (χ4n) is 1.74. The van der Waals surface area contributed by atoms with E-state index in [2.05, 4.69) is 15.0 Å². The first-order valence-electron chi connectivity index (χ1n) is 5.86. The van der Waals surface area contributed by atoms with Gasteiger partial charge in [-0.1, -0.05) is 6.92 Å². The van der Waals surface area contributed by atoms with Crippen LogP contribution in [0.25, 0.3) is 0 Å². The number of nitrogen functional groups attached to an aromatic ring is 1. The average Bonchev–Trinajstić information content (AvgIpc) is 3.08. The summed E-state index contributed by atoms with van der Waals surface area (Å²) in [7, 11) is 0. The van der Waals surface area contributed by atoms with Gasteiger partial charge in [0.25, 0.3) is 0 Å². The molecular weight excluding hydrogens is 204 g/mol. The number of aromatic nitrogens is 3. The molecule has 1 aliphatic rings. The molecule has 0 bridgehead atoms. The first kappa shape index (κ1) is 11.3. The Morgan fingerprint density at radius 1 is 1.31 bits per heavy atom. The van der Waals surface area contributed by atoms with Gasteiger partial charge in [0.05, 0.1) is 0 Å². The highest BCUT2D eigenvalue weighted by Gasteiger charge is 2.35. The minimum atomic E-state index is 0.000556. The van der Waals surface area contributed by atoms with Gasteiger partial charge in [-0.3, -0.25) is 0 Å². The van der Waals surface area contributed by atoms with E-state index in [1.165, 1.54) is 12.8 Å². The second kappa shape index (κ2) is 4.74. The number of ether oxygens (including phenoxy) is 1. The number of hydrogen-bond donors (Lipinski definition) is 1. The Kier molecular flexibility index (Phi) is 3.33. The van der Waals surface area contributed by atoms with E-state index in [-0.39, 0.29) is 6.10 Å². The quantitative estimate of drug-likeness (QED) is 0.817. The molecule has 5 heteroatoms. The molecule has 2 rings (SSSR count). The molecular formula is C11H18N4O. The third-order valence-corrected chi connectivity index (χ3v) is 2.68. The molecule has 0 radical (unpaired) electrons. The Balaban J connectivity index is 2.25. The van der Waals surface area contributed by atoms with Crippen LogP contribution in [-0.2, 0) is 11.2 Å². The molecule has 1 saturated carbocycles. The Bertz CT molecular complexity index is 365. The van der Waals surface area contributed by atoms with Crippen molar-refractivity contribution in [3.05, 3.63) is 11.6 Å². The van der Waals surface area contributed by atoms with Crippen LogP contribution in [0.4, 0.5) is 5.95 Å². The maximum atomic E-state index is 5.70. The zero-order valence-electron chi connectivity index (χ0n) is 9.81. The van der Waals surface area contributed by atoms with Gasteiger partial charge < -0.3 is 10.5 Å². The summed E-state index contributed by atoms with van der Waals surface area (Å²) >= 11 is 0. The molecule has 0 aliphatic heterocycles. The largest absolute Gasteiger partial charge is 0.370 e. The monoisotopic (exact) mass is 222 g/mol. The number of nitrogens with two attached hydrogens (primary N) is 1. The first-order chi connectivity index (χ1) is 7.74. The van der Waals surface area contributed by atoms with Gasteiger partial charge in [0.1, 0.15) is 11.9 Å². The lowest BCUT2D eigenvalue weighted by Crippen LogP contribution is -2.14. The lowest BCUT2D eigenvalue weighted by Gasteiger charge is -2.15. The van der Waals surface area contributed by atoms with Gasteiger partial charge in [0.15, 0.2) is 5.82 Å². The summed E-state index contributed by atoms with van der Waals surface area (Å²) in [5.41, 5.74) is 5.67. The van der Waals surface area contributed by atoms with Crippen LogP contribution in [0.1, 0.15) is 44.4 Å². The van der Waals surface area contributed by atoms with Crippen molar-refractivity contribution in [1.29, 1.82) is 0 Å². The number of hydrogen-bond acceptors (Lipinski definition) is 5. The van der Waals surface area contributed by atoms with Crippen molar-refractivity contribution in [3.8, 4) is 0 Å². The molecule has 1 fully saturated rings. The van der Waals surface area contributed by atoms with Crippen molar-refractivity contribution in [2.24, 2.45) is 5.92 Å². The summed E-state index contributed by atoms with van der Waals surface area (Å²) < 4.78 is 5.70. The molecule has 1 atom stereocenters. The number of rotatable bonds is 5. The van der Waals surface area contributed by atoms with E-state index in [4.69, 9.17) is 10.5 Å². The van der Waals surface area contributed by atoms with Gasteiger partial charge in [0.2, 0.25) is 5.95 Å². The standard InChI is InChI=1S/C11H18N4O/c1-3-8-13-10(15-11(12)14-8)9(16-4-2)7-5-6-7/h7,9H,3-6H2,1-2H3,(H2,12,13,14,15). The van der Waals surface area contributed by atoms with Crippen molar-refractivity contribution < 1.29 is 4.74 Å². The molecule has 1 heterocycles. The normalized spacial score (nSPS) is 17.4. The molecule has 16 heavy (non-hydrogen) atoms. The Morgan fingerprint density at radius 3 is 2.62 bits per heavy atom. The molecule has 1 aliphatic carbocycles. The summed E-state index contributed by atoms with van der Waals surface area (Å²) in [6.07, 6.45) is 3.15. The zero-order valence-corrected chi connectivity index (χ0v) is 9.81. The van der Waals surface area contributed by atoms with Crippen LogP contribution in [0, 0.1) is 5.92 Å². The van der Waals surface area contributed by atoms with Crippen LogP contribution < -0.4 is 5.73 Å². The maximum Gasteiger partial charge on any atom is 0.223 e. The van der Waals surface area contributed by atoms with E-state index in [0.29, 0.717) is 24.3 Å². The second-order valence-corrected chi connectivity index (χ2v) is 4.03. The number of nitrogens with zero attached hydrogens (tertiary/aromatic N) is 3. The van der Waals surface area contributed by atoms with Gasteiger partial charge >= 0.3 is 0 Å². The molecule has 2 N–H and O–H groups in total. The lowest BCUT2D eigenvalue weighted by molar-refractivity contribution is 0.0398. The van der Waals surface area contributed by atoms with Crippen molar-refractivity contribution >= 4 is 5.95 Å². The SMILES string of the molecule is CCOC(c1nc(N)nc(CC)n1)C1CC1. The van der Waals surface area contributed by atoms with Crippen LogP contribution in [0.3, 0.4) is 0 Å². The Labute approximate surface area is 95.5 Å². The van der Waals surface area contributed by atoms with Crippen molar-refractivity contribution in [1.82, 2.24) is 15.0 Å². The Hall–Kier alpha value is -1.23. The second-order valence-electron chi connectivity index (χ2n) is 4.03.